The van der Waals surface area contributed by atoms with Crippen LogP contribution >= 0.6 is 0 Å². The third kappa shape index (κ3) is 5.64. The summed E-state index contributed by atoms with van der Waals surface area (Å²) < 4.78 is 0. The fourth-order valence-corrected chi connectivity index (χ4v) is 2.82. The van der Waals surface area contributed by atoms with Gasteiger partial charge < -0.3 is 15.7 Å². The highest BCUT2D eigenvalue weighted by atomic mass is 16.3. The minimum absolute atomic E-state index is 0.0685. The molecule has 0 radical (unpaired) electrons. The summed E-state index contributed by atoms with van der Waals surface area (Å²) in [6.45, 7) is 8.15. The first-order valence-corrected chi connectivity index (χ1v) is 8.46. The number of aliphatic hydroxyl groups is 1. The largest absolute Gasteiger partial charge is 0.395 e. The number of rotatable bonds is 9. The lowest BCUT2D eigenvalue weighted by atomic mass is 9.71. The number of carbonyl (C=O) groups is 2. The molecule has 1 rings (SSSR count). The van der Waals surface area contributed by atoms with Gasteiger partial charge in [-0.05, 0) is 18.4 Å². The maximum Gasteiger partial charge on any atom is 0.226 e. The number of hydrogen-bond donors (Lipinski definition) is 3. The fourth-order valence-electron chi connectivity index (χ4n) is 2.82. The standard InChI is InChI=1S/C19H30N2O3/c1-5-19(4,17(24)20-11-12-22)14-18(2,3)16(23)21-13-15-9-7-6-8-10-15/h6-10,22H,5,11-14H2,1-4H3,(H,20,24)(H,21,23). The van der Waals surface area contributed by atoms with Crippen molar-refractivity contribution in [3.63, 3.8) is 0 Å². The molecule has 1 unspecified atom stereocenters. The Bertz CT molecular complexity index is 543. The average molecular weight is 334 g/mol. The summed E-state index contributed by atoms with van der Waals surface area (Å²) in [6, 6.07) is 9.74. The lowest BCUT2D eigenvalue weighted by Gasteiger charge is -2.35. The molecule has 1 aromatic rings. The zero-order valence-electron chi connectivity index (χ0n) is 15.2. The van der Waals surface area contributed by atoms with E-state index in [9.17, 15) is 9.59 Å². The van der Waals surface area contributed by atoms with Crippen molar-refractivity contribution < 1.29 is 14.7 Å². The Hall–Kier alpha value is -1.88. The Balaban J connectivity index is 2.70. The van der Waals surface area contributed by atoms with Crippen LogP contribution in [0.2, 0.25) is 0 Å². The molecule has 1 atom stereocenters. The molecule has 0 fully saturated rings. The summed E-state index contributed by atoms with van der Waals surface area (Å²) in [6.07, 6.45) is 1.06. The van der Waals surface area contributed by atoms with E-state index in [4.69, 9.17) is 5.11 Å². The van der Waals surface area contributed by atoms with Crippen LogP contribution in [0.5, 0.6) is 0 Å². The summed E-state index contributed by atoms with van der Waals surface area (Å²) in [5, 5.41) is 14.6. The highest BCUT2D eigenvalue weighted by molar-refractivity contribution is 5.85. The van der Waals surface area contributed by atoms with Gasteiger partial charge in [-0.15, -0.1) is 0 Å². The number of benzene rings is 1. The van der Waals surface area contributed by atoms with Crippen LogP contribution in [-0.4, -0.2) is 30.1 Å². The van der Waals surface area contributed by atoms with Crippen LogP contribution in [-0.2, 0) is 16.1 Å². The van der Waals surface area contributed by atoms with Crippen molar-refractivity contribution in [2.75, 3.05) is 13.2 Å². The third-order valence-corrected chi connectivity index (χ3v) is 4.47. The summed E-state index contributed by atoms with van der Waals surface area (Å²) in [7, 11) is 0. The maximum absolute atomic E-state index is 12.6. The molecule has 0 saturated carbocycles. The first-order chi connectivity index (χ1) is 11.2. The molecule has 0 aliphatic carbocycles. The third-order valence-electron chi connectivity index (χ3n) is 4.47. The van der Waals surface area contributed by atoms with E-state index < -0.39 is 10.8 Å². The van der Waals surface area contributed by atoms with Crippen LogP contribution in [0.4, 0.5) is 0 Å². The first-order valence-electron chi connectivity index (χ1n) is 8.46. The zero-order valence-corrected chi connectivity index (χ0v) is 15.2. The molecule has 1 aromatic carbocycles. The molecule has 0 aliphatic heterocycles. The van der Waals surface area contributed by atoms with Gasteiger partial charge in [0.25, 0.3) is 0 Å². The van der Waals surface area contributed by atoms with Gasteiger partial charge in [-0.1, -0.05) is 58.0 Å². The minimum Gasteiger partial charge on any atom is -0.395 e. The van der Waals surface area contributed by atoms with Crippen LogP contribution < -0.4 is 10.6 Å². The predicted octanol–water partition coefficient (Wildman–Crippen LogP) is 2.24. The van der Waals surface area contributed by atoms with E-state index in [2.05, 4.69) is 10.6 Å². The van der Waals surface area contributed by atoms with Gasteiger partial charge in [0.15, 0.2) is 0 Å². The van der Waals surface area contributed by atoms with E-state index in [1.807, 2.05) is 58.0 Å². The summed E-state index contributed by atoms with van der Waals surface area (Å²) in [5.41, 5.74) is -0.278. The molecule has 0 saturated heterocycles. The Labute approximate surface area is 144 Å². The highest BCUT2D eigenvalue weighted by Gasteiger charge is 2.40. The molecule has 0 aromatic heterocycles. The fraction of sp³-hybridized carbons (Fsp3) is 0.579. The Morgan fingerprint density at radius 3 is 2.21 bits per heavy atom. The second kappa shape index (κ2) is 8.83. The number of amides is 2. The van der Waals surface area contributed by atoms with Crippen molar-refractivity contribution in [3.8, 4) is 0 Å². The molecule has 3 N–H and O–H groups in total. The molecular weight excluding hydrogens is 304 g/mol. The van der Waals surface area contributed by atoms with Gasteiger partial charge in [-0.2, -0.15) is 0 Å². The lowest BCUT2D eigenvalue weighted by molar-refractivity contribution is -0.137. The van der Waals surface area contributed by atoms with Gasteiger partial charge in [-0.25, -0.2) is 0 Å². The SMILES string of the molecule is CCC(C)(CC(C)(C)C(=O)NCc1ccccc1)C(=O)NCCO. The van der Waals surface area contributed by atoms with E-state index in [1.165, 1.54) is 0 Å². The number of nitrogens with one attached hydrogen (secondary N) is 2. The van der Waals surface area contributed by atoms with Crippen molar-refractivity contribution in [2.45, 2.75) is 47.1 Å². The number of carbonyl (C=O) groups excluding carboxylic acids is 2. The van der Waals surface area contributed by atoms with Gasteiger partial charge in [0.05, 0.1) is 6.61 Å². The van der Waals surface area contributed by atoms with Crippen molar-refractivity contribution >= 4 is 11.8 Å². The van der Waals surface area contributed by atoms with Crippen molar-refractivity contribution in [1.29, 1.82) is 0 Å². The van der Waals surface area contributed by atoms with Crippen LogP contribution in [0.1, 0.15) is 46.1 Å². The van der Waals surface area contributed by atoms with E-state index in [0.717, 1.165) is 5.56 Å². The summed E-state index contributed by atoms with van der Waals surface area (Å²) in [4.78, 5) is 25.0. The molecule has 24 heavy (non-hydrogen) atoms. The topological polar surface area (TPSA) is 78.4 Å². The van der Waals surface area contributed by atoms with Crippen LogP contribution in [0.3, 0.4) is 0 Å². The monoisotopic (exact) mass is 334 g/mol. The summed E-state index contributed by atoms with van der Waals surface area (Å²) >= 11 is 0. The Kier molecular flexibility index (Phi) is 7.42. The van der Waals surface area contributed by atoms with Gasteiger partial charge in [0, 0.05) is 23.9 Å². The molecule has 0 heterocycles. The highest BCUT2D eigenvalue weighted by Crippen LogP contribution is 2.37. The smallest absolute Gasteiger partial charge is 0.226 e. The molecule has 2 amide bonds. The van der Waals surface area contributed by atoms with Gasteiger partial charge >= 0.3 is 0 Å². The molecule has 0 aliphatic rings. The Morgan fingerprint density at radius 1 is 1.04 bits per heavy atom. The average Bonchev–Trinajstić information content (AvgIpc) is 2.57. The van der Waals surface area contributed by atoms with Crippen molar-refractivity contribution in [2.24, 2.45) is 10.8 Å². The van der Waals surface area contributed by atoms with E-state index in [0.29, 0.717) is 19.4 Å². The molecule has 134 valence electrons. The van der Waals surface area contributed by atoms with E-state index in [1.54, 1.807) is 0 Å². The minimum atomic E-state index is -0.671. The molecular formula is C19H30N2O3. The lowest BCUT2D eigenvalue weighted by Crippen LogP contribution is -2.46. The van der Waals surface area contributed by atoms with Gasteiger partial charge in [0.2, 0.25) is 11.8 Å². The second-order valence-corrected chi connectivity index (χ2v) is 7.12. The molecule has 5 heteroatoms. The quantitative estimate of drug-likeness (QED) is 0.648. The van der Waals surface area contributed by atoms with Crippen molar-refractivity contribution in [1.82, 2.24) is 10.6 Å². The predicted molar refractivity (Wildman–Crippen MR) is 95.2 cm³/mol. The van der Waals surface area contributed by atoms with E-state index in [-0.39, 0.29) is 25.0 Å². The molecule has 0 bridgehead atoms. The number of aliphatic hydroxyl groups excluding tert-OH is 1. The maximum atomic E-state index is 12.6. The van der Waals surface area contributed by atoms with E-state index >= 15 is 0 Å². The van der Waals surface area contributed by atoms with Crippen LogP contribution in [0.25, 0.3) is 0 Å². The Morgan fingerprint density at radius 2 is 1.67 bits per heavy atom. The van der Waals surface area contributed by atoms with Crippen LogP contribution in [0, 0.1) is 10.8 Å². The first kappa shape index (κ1) is 20.2. The second-order valence-electron chi connectivity index (χ2n) is 7.12. The van der Waals surface area contributed by atoms with Gasteiger partial charge in [0.1, 0.15) is 0 Å². The van der Waals surface area contributed by atoms with Crippen molar-refractivity contribution in [3.05, 3.63) is 35.9 Å². The van der Waals surface area contributed by atoms with Crippen LogP contribution in [0.15, 0.2) is 30.3 Å². The zero-order chi connectivity index (χ0) is 18.2. The normalized spacial score (nSPS) is 13.9. The van der Waals surface area contributed by atoms with Gasteiger partial charge in [-0.3, -0.25) is 9.59 Å². The summed E-state index contributed by atoms with van der Waals surface area (Å²) in [5.74, 6) is -0.191. The number of hydrogen-bond acceptors (Lipinski definition) is 3. The molecule has 0 spiro atoms. The molecule has 5 nitrogen and oxygen atoms in total.